The number of urea groups is 1. The monoisotopic (exact) mass is 320 g/mol. The molecule has 5 heteroatoms. The smallest absolute Gasteiger partial charge is 0.313 e. The molecule has 106 valence electrons. The lowest BCUT2D eigenvalue weighted by atomic mass is 9.98. The number of imide groups is 1. The Kier molecular flexibility index (Phi) is 8.99. The van der Waals surface area contributed by atoms with Crippen molar-refractivity contribution in [3.63, 3.8) is 0 Å². The fraction of sp³-hybridized carbons (Fsp3) is 0.692. The molecular weight excluding hydrogens is 296 g/mol. The van der Waals surface area contributed by atoms with Crippen molar-refractivity contribution in [2.75, 3.05) is 13.6 Å². The van der Waals surface area contributed by atoms with Crippen LogP contribution in [-0.4, -0.2) is 40.9 Å². The first-order valence-electron chi connectivity index (χ1n) is 6.08. The number of unbranched alkanes of at least 4 members (excludes halogenated alkanes) is 1. The fourth-order valence-electron chi connectivity index (χ4n) is 1.82. The minimum Gasteiger partial charge on any atom is -0.313 e. The summed E-state index contributed by atoms with van der Waals surface area (Å²) in [5.41, 5.74) is -0.634. The topological polar surface area (TPSA) is 40.6 Å². The van der Waals surface area contributed by atoms with Gasteiger partial charge in [-0.05, 0) is 19.8 Å². The van der Waals surface area contributed by atoms with Gasteiger partial charge in [0.15, 0.2) is 0 Å². The van der Waals surface area contributed by atoms with Crippen molar-refractivity contribution >= 4 is 28.9 Å². The molecule has 1 fully saturated rings. The van der Waals surface area contributed by atoms with Crippen molar-refractivity contribution in [3.05, 3.63) is 13.2 Å². The molecule has 0 aromatic heterocycles. The van der Waals surface area contributed by atoms with Gasteiger partial charge < -0.3 is 4.90 Å². The Hall–Kier alpha value is -0.840. The normalized spacial score (nSPS) is 22.4. The highest BCUT2D eigenvalue weighted by atomic mass is 79.9. The van der Waals surface area contributed by atoms with E-state index in [1.165, 1.54) is 4.90 Å². The van der Waals surface area contributed by atoms with E-state index in [1.54, 1.807) is 11.9 Å². The van der Waals surface area contributed by atoms with Gasteiger partial charge in [0.1, 0.15) is 5.54 Å². The number of rotatable bonds is 4. The Labute approximate surface area is 121 Å². The van der Waals surface area contributed by atoms with E-state index in [2.05, 4.69) is 13.2 Å². The number of likely N-dealkylation sites (N-methyl/N-ethyl adjacent to an activating group) is 1. The number of hydrogen-bond donors (Lipinski definition) is 0. The molecule has 1 rings (SSSR count). The van der Waals surface area contributed by atoms with Crippen LogP contribution in [0.2, 0.25) is 0 Å². The van der Waals surface area contributed by atoms with Crippen molar-refractivity contribution in [2.24, 2.45) is 0 Å². The summed E-state index contributed by atoms with van der Waals surface area (Å²) in [4.78, 5) is 26.8. The maximum Gasteiger partial charge on any atom is 0.327 e. The van der Waals surface area contributed by atoms with Crippen LogP contribution in [0, 0.1) is 0 Å². The van der Waals surface area contributed by atoms with Crippen LogP contribution in [0.25, 0.3) is 0 Å². The third-order valence-electron chi connectivity index (χ3n) is 3.39. The van der Waals surface area contributed by atoms with Gasteiger partial charge in [-0.15, -0.1) is 30.1 Å². The summed E-state index contributed by atoms with van der Waals surface area (Å²) in [6.45, 7) is 12.4. The minimum atomic E-state index is -0.634. The highest BCUT2D eigenvalue weighted by Gasteiger charge is 2.50. The standard InChI is InChI=1S/C11H20N2O2.C2H4.BrH/c1-5-7-8-13-9(14)11(3,6-2)12(4)10(13)15;1-2;/h5-8H2,1-4H3;1-2H2;1H. The molecule has 4 nitrogen and oxygen atoms in total. The van der Waals surface area contributed by atoms with Gasteiger partial charge in [-0.3, -0.25) is 9.69 Å². The largest absolute Gasteiger partial charge is 0.327 e. The molecule has 0 aliphatic carbocycles. The molecule has 0 aromatic carbocycles. The van der Waals surface area contributed by atoms with Crippen molar-refractivity contribution < 1.29 is 9.59 Å². The Balaban J connectivity index is 0. The number of hydrogen-bond acceptors (Lipinski definition) is 2. The van der Waals surface area contributed by atoms with Crippen molar-refractivity contribution in [3.8, 4) is 0 Å². The predicted molar refractivity (Wildman–Crippen MR) is 80.1 cm³/mol. The molecule has 0 spiro atoms. The number of carbonyl (C=O) groups is 2. The van der Waals surface area contributed by atoms with Crippen LogP contribution in [0.5, 0.6) is 0 Å². The van der Waals surface area contributed by atoms with Crippen LogP contribution in [0.4, 0.5) is 4.79 Å². The molecule has 1 unspecified atom stereocenters. The van der Waals surface area contributed by atoms with E-state index in [0.29, 0.717) is 13.0 Å². The van der Waals surface area contributed by atoms with Crippen molar-refractivity contribution in [2.45, 2.75) is 45.6 Å². The molecule has 0 radical (unpaired) electrons. The lowest BCUT2D eigenvalue weighted by Crippen LogP contribution is -2.44. The molecule has 3 amide bonds. The molecule has 1 saturated heterocycles. The van der Waals surface area contributed by atoms with E-state index in [9.17, 15) is 9.59 Å². The van der Waals surface area contributed by atoms with Crippen LogP contribution in [0.15, 0.2) is 13.2 Å². The van der Waals surface area contributed by atoms with Gasteiger partial charge in [0.2, 0.25) is 0 Å². The quantitative estimate of drug-likeness (QED) is 0.589. The summed E-state index contributed by atoms with van der Waals surface area (Å²) in [7, 11) is 1.70. The predicted octanol–water partition coefficient (Wildman–Crippen LogP) is 3.23. The molecule has 0 bridgehead atoms. The first-order chi connectivity index (χ1) is 7.99. The van der Waals surface area contributed by atoms with Gasteiger partial charge in [-0.25, -0.2) is 4.79 Å². The Morgan fingerprint density at radius 3 is 2.06 bits per heavy atom. The van der Waals surface area contributed by atoms with Gasteiger partial charge in [-0.2, -0.15) is 0 Å². The average Bonchev–Trinajstić information content (AvgIpc) is 2.53. The van der Waals surface area contributed by atoms with Crippen molar-refractivity contribution in [1.82, 2.24) is 9.80 Å². The van der Waals surface area contributed by atoms with E-state index in [4.69, 9.17) is 0 Å². The summed E-state index contributed by atoms with van der Waals surface area (Å²) >= 11 is 0. The number of amides is 3. The molecular formula is C13H25BrN2O2. The zero-order chi connectivity index (χ0) is 13.6. The highest BCUT2D eigenvalue weighted by molar-refractivity contribution is 8.93. The first-order valence-corrected chi connectivity index (χ1v) is 6.08. The van der Waals surface area contributed by atoms with E-state index < -0.39 is 5.54 Å². The number of halogens is 1. The summed E-state index contributed by atoms with van der Waals surface area (Å²) in [6.07, 6.45) is 2.53. The van der Waals surface area contributed by atoms with Gasteiger partial charge in [0, 0.05) is 13.6 Å². The highest BCUT2D eigenvalue weighted by Crippen LogP contribution is 2.29. The molecule has 0 N–H and O–H groups in total. The third-order valence-corrected chi connectivity index (χ3v) is 3.39. The van der Waals surface area contributed by atoms with Crippen LogP contribution in [-0.2, 0) is 4.79 Å². The Bertz CT molecular complexity index is 297. The zero-order valence-electron chi connectivity index (χ0n) is 11.9. The Morgan fingerprint density at radius 1 is 1.22 bits per heavy atom. The SMILES string of the molecule is Br.C=C.CCCCN1C(=O)N(C)C(C)(CC)C1=O. The fourth-order valence-corrected chi connectivity index (χ4v) is 1.82. The molecule has 1 heterocycles. The minimum absolute atomic E-state index is 0. The molecule has 1 atom stereocenters. The molecule has 1 aliphatic rings. The summed E-state index contributed by atoms with van der Waals surface area (Å²) in [6, 6.07) is -0.155. The van der Waals surface area contributed by atoms with Crippen LogP contribution in [0.3, 0.4) is 0 Å². The van der Waals surface area contributed by atoms with Crippen LogP contribution >= 0.6 is 17.0 Å². The second kappa shape index (κ2) is 8.29. The first kappa shape index (κ1) is 19.5. The lowest BCUT2D eigenvalue weighted by Gasteiger charge is -2.26. The van der Waals surface area contributed by atoms with Gasteiger partial charge in [0.25, 0.3) is 5.91 Å². The molecule has 0 saturated carbocycles. The summed E-state index contributed by atoms with van der Waals surface area (Å²) in [5.74, 6) is -0.0500. The molecule has 1 aliphatic heterocycles. The second-order valence-corrected chi connectivity index (χ2v) is 4.28. The van der Waals surface area contributed by atoms with E-state index in [1.807, 2.05) is 20.8 Å². The van der Waals surface area contributed by atoms with Crippen molar-refractivity contribution in [1.29, 1.82) is 0 Å². The zero-order valence-corrected chi connectivity index (χ0v) is 13.6. The van der Waals surface area contributed by atoms with E-state index >= 15 is 0 Å². The Morgan fingerprint density at radius 2 is 1.72 bits per heavy atom. The maximum atomic E-state index is 12.0. The third kappa shape index (κ3) is 3.34. The molecule has 18 heavy (non-hydrogen) atoms. The van der Waals surface area contributed by atoms with E-state index in [0.717, 1.165) is 12.8 Å². The number of nitrogens with zero attached hydrogens (tertiary/aromatic N) is 2. The average molecular weight is 321 g/mol. The van der Waals surface area contributed by atoms with Gasteiger partial charge >= 0.3 is 6.03 Å². The summed E-state index contributed by atoms with van der Waals surface area (Å²) < 4.78 is 0. The summed E-state index contributed by atoms with van der Waals surface area (Å²) in [5, 5.41) is 0. The van der Waals surface area contributed by atoms with Crippen LogP contribution < -0.4 is 0 Å². The van der Waals surface area contributed by atoms with Gasteiger partial charge in [-0.1, -0.05) is 20.3 Å². The molecule has 0 aromatic rings. The second-order valence-electron chi connectivity index (χ2n) is 4.28. The van der Waals surface area contributed by atoms with E-state index in [-0.39, 0.29) is 28.9 Å². The maximum absolute atomic E-state index is 12.0. The van der Waals surface area contributed by atoms with Crippen LogP contribution in [0.1, 0.15) is 40.0 Å². The lowest BCUT2D eigenvalue weighted by molar-refractivity contribution is -0.132. The number of carbonyl (C=O) groups excluding carboxylic acids is 2. The van der Waals surface area contributed by atoms with Gasteiger partial charge in [0.05, 0.1) is 0 Å².